The van der Waals surface area contributed by atoms with Crippen LogP contribution < -0.4 is 5.32 Å². The van der Waals surface area contributed by atoms with Crippen molar-refractivity contribution in [2.75, 3.05) is 6.26 Å². The minimum Gasteiger partial charge on any atom is -0.478 e. The van der Waals surface area contributed by atoms with Crippen molar-refractivity contribution in [2.45, 2.75) is 19.8 Å². The van der Waals surface area contributed by atoms with Crippen LogP contribution in [0.15, 0.2) is 46.3 Å². The van der Waals surface area contributed by atoms with Crippen LogP contribution in [0.25, 0.3) is 0 Å². The molecule has 0 aromatic carbocycles. The largest absolute Gasteiger partial charge is 0.478 e. The Bertz CT molecular complexity index is 748. The van der Waals surface area contributed by atoms with E-state index < -0.39 is 21.7 Å². The van der Waals surface area contributed by atoms with Gasteiger partial charge in [-0.05, 0) is 26.0 Å². The van der Waals surface area contributed by atoms with Crippen molar-refractivity contribution in [3.63, 3.8) is 0 Å². The minimum atomic E-state index is -3.58. The standard InChI is InChI=1S/C14H16N2O4S/c1-8-11(14(17)18)12(10-6-4-5-7-15-10)13(9(2)16-8)21(3,19)20/h4-7,12,16H,1-3H3,(H,17,18). The molecule has 1 aromatic rings. The van der Waals surface area contributed by atoms with Crippen LogP contribution in [0.3, 0.4) is 0 Å². The van der Waals surface area contributed by atoms with E-state index in [4.69, 9.17) is 0 Å². The molecule has 0 saturated carbocycles. The molecule has 0 amide bonds. The second-order valence-electron chi connectivity index (χ2n) is 4.92. The van der Waals surface area contributed by atoms with Gasteiger partial charge in [-0.3, -0.25) is 4.98 Å². The first kappa shape index (κ1) is 15.2. The van der Waals surface area contributed by atoms with E-state index in [1.165, 1.54) is 6.20 Å². The van der Waals surface area contributed by atoms with E-state index in [2.05, 4.69) is 10.3 Å². The van der Waals surface area contributed by atoms with Gasteiger partial charge in [0.15, 0.2) is 9.84 Å². The average Bonchev–Trinajstić information content (AvgIpc) is 2.36. The molecular weight excluding hydrogens is 292 g/mol. The number of hydrogen-bond acceptors (Lipinski definition) is 5. The number of dihydropyridines is 1. The molecule has 0 fully saturated rings. The van der Waals surface area contributed by atoms with Crippen LogP contribution in [-0.2, 0) is 14.6 Å². The molecule has 1 atom stereocenters. The molecule has 0 radical (unpaired) electrons. The Labute approximate surface area is 123 Å². The van der Waals surface area contributed by atoms with Gasteiger partial charge in [-0.1, -0.05) is 6.07 Å². The summed E-state index contributed by atoms with van der Waals surface area (Å²) in [6, 6.07) is 5.03. The maximum Gasteiger partial charge on any atom is 0.334 e. The Morgan fingerprint density at radius 3 is 2.43 bits per heavy atom. The molecule has 0 saturated heterocycles. The normalized spacial score (nSPS) is 19.5. The number of sulfone groups is 1. The van der Waals surface area contributed by atoms with Crippen LogP contribution in [0.5, 0.6) is 0 Å². The van der Waals surface area contributed by atoms with Gasteiger partial charge in [-0.15, -0.1) is 0 Å². The number of aliphatic carboxylic acids is 1. The van der Waals surface area contributed by atoms with Gasteiger partial charge in [0.1, 0.15) is 0 Å². The molecular formula is C14H16N2O4S. The highest BCUT2D eigenvalue weighted by Gasteiger charge is 2.38. The highest BCUT2D eigenvalue weighted by molar-refractivity contribution is 7.94. The van der Waals surface area contributed by atoms with Crippen LogP contribution in [0.2, 0.25) is 0 Å². The number of nitrogens with one attached hydrogen (secondary N) is 1. The molecule has 6 nitrogen and oxygen atoms in total. The number of carboxylic acid groups (broad SMARTS) is 1. The summed E-state index contributed by atoms with van der Waals surface area (Å²) in [5.74, 6) is -2.07. The Kier molecular flexibility index (Phi) is 3.87. The molecule has 2 rings (SSSR count). The number of carboxylic acids is 1. The molecule has 0 bridgehead atoms. The fourth-order valence-corrected chi connectivity index (χ4v) is 3.85. The van der Waals surface area contributed by atoms with E-state index in [0.717, 1.165) is 6.26 Å². The zero-order valence-corrected chi connectivity index (χ0v) is 12.7. The molecule has 0 spiro atoms. The highest BCUT2D eigenvalue weighted by atomic mass is 32.2. The first-order valence-electron chi connectivity index (χ1n) is 6.26. The third-order valence-electron chi connectivity index (χ3n) is 3.31. The van der Waals surface area contributed by atoms with Crippen molar-refractivity contribution in [1.82, 2.24) is 10.3 Å². The van der Waals surface area contributed by atoms with Crippen molar-refractivity contribution >= 4 is 15.8 Å². The summed E-state index contributed by atoms with van der Waals surface area (Å²) in [7, 11) is -3.58. The predicted molar refractivity (Wildman–Crippen MR) is 78.0 cm³/mol. The van der Waals surface area contributed by atoms with E-state index in [0.29, 0.717) is 17.1 Å². The van der Waals surface area contributed by atoms with Crippen LogP contribution in [-0.4, -0.2) is 30.7 Å². The van der Waals surface area contributed by atoms with Gasteiger partial charge < -0.3 is 10.4 Å². The second-order valence-corrected chi connectivity index (χ2v) is 6.90. The van der Waals surface area contributed by atoms with Crippen molar-refractivity contribution in [1.29, 1.82) is 0 Å². The summed E-state index contributed by atoms with van der Waals surface area (Å²) in [4.78, 5) is 15.8. The lowest BCUT2D eigenvalue weighted by molar-refractivity contribution is -0.133. The van der Waals surface area contributed by atoms with Crippen molar-refractivity contribution in [3.05, 3.63) is 52.0 Å². The number of hydrogen-bond donors (Lipinski definition) is 2. The SMILES string of the molecule is CC1=C(C(=O)O)C(c2ccccn2)C(S(C)(=O)=O)=C(C)N1. The summed E-state index contributed by atoms with van der Waals surface area (Å²) < 4.78 is 24.2. The quantitative estimate of drug-likeness (QED) is 0.876. The fourth-order valence-electron chi connectivity index (χ4n) is 2.58. The molecule has 1 aliphatic rings. The van der Waals surface area contributed by atoms with Gasteiger partial charge in [0.25, 0.3) is 0 Å². The summed E-state index contributed by atoms with van der Waals surface area (Å²) in [6.07, 6.45) is 2.59. The third-order valence-corrected chi connectivity index (χ3v) is 4.65. The lowest BCUT2D eigenvalue weighted by atomic mass is 9.89. The number of nitrogens with zero attached hydrogens (tertiary/aromatic N) is 1. The smallest absolute Gasteiger partial charge is 0.334 e. The van der Waals surface area contributed by atoms with Crippen LogP contribution in [0.1, 0.15) is 25.5 Å². The zero-order valence-electron chi connectivity index (χ0n) is 11.9. The summed E-state index contributed by atoms with van der Waals surface area (Å²) in [6.45, 7) is 3.23. The molecule has 1 aromatic heterocycles. The summed E-state index contributed by atoms with van der Waals surface area (Å²) in [5, 5.41) is 12.3. The Balaban J connectivity index is 2.76. The van der Waals surface area contributed by atoms with Crippen LogP contribution in [0.4, 0.5) is 0 Å². The van der Waals surface area contributed by atoms with Crippen molar-refractivity contribution < 1.29 is 18.3 Å². The van der Waals surface area contributed by atoms with Crippen LogP contribution in [0, 0.1) is 0 Å². The van der Waals surface area contributed by atoms with Gasteiger partial charge in [-0.2, -0.15) is 0 Å². The van der Waals surface area contributed by atoms with Crippen molar-refractivity contribution in [3.8, 4) is 0 Å². The fraction of sp³-hybridized carbons (Fsp3) is 0.286. The lowest BCUT2D eigenvalue weighted by Gasteiger charge is -2.29. The number of pyridine rings is 1. The van der Waals surface area contributed by atoms with Gasteiger partial charge >= 0.3 is 5.97 Å². The Hall–Kier alpha value is -2.15. The molecule has 2 heterocycles. The van der Waals surface area contributed by atoms with E-state index in [-0.39, 0.29) is 10.5 Å². The monoisotopic (exact) mass is 308 g/mol. The maximum atomic E-state index is 12.1. The number of carbonyl (C=O) groups is 1. The average molecular weight is 308 g/mol. The van der Waals surface area contributed by atoms with Crippen LogP contribution >= 0.6 is 0 Å². The molecule has 1 unspecified atom stereocenters. The lowest BCUT2D eigenvalue weighted by Crippen LogP contribution is -2.31. The van der Waals surface area contributed by atoms with Crippen molar-refractivity contribution in [2.24, 2.45) is 0 Å². The predicted octanol–water partition coefficient (Wildman–Crippen LogP) is 1.40. The number of rotatable bonds is 3. The molecule has 2 N–H and O–H groups in total. The van der Waals surface area contributed by atoms with Gasteiger partial charge in [-0.25, -0.2) is 13.2 Å². The van der Waals surface area contributed by atoms with E-state index >= 15 is 0 Å². The van der Waals surface area contributed by atoms with Gasteiger partial charge in [0.05, 0.1) is 22.1 Å². The summed E-state index contributed by atoms with van der Waals surface area (Å²) in [5.41, 5.74) is 1.24. The maximum absolute atomic E-state index is 12.1. The topological polar surface area (TPSA) is 96.4 Å². The first-order chi connectivity index (χ1) is 9.73. The van der Waals surface area contributed by atoms with E-state index in [1.807, 2.05) is 0 Å². The molecule has 0 aliphatic carbocycles. The summed E-state index contributed by atoms with van der Waals surface area (Å²) >= 11 is 0. The Morgan fingerprint density at radius 1 is 1.29 bits per heavy atom. The molecule has 1 aliphatic heterocycles. The molecule has 21 heavy (non-hydrogen) atoms. The third kappa shape index (κ3) is 2.82. The number of allylic oxidation sites excluding steroid dienone is 3. The van der Waals surface area contributed by atoms with E-state index in [1.54, 1.807) is 32.0 Å². The zero-order chi connectivity index (χ0) is 15.8. The van der Waals surface area contributed by atoms with E-state index in [9.17, 15) is 18.3 Å². The highest BCUT2D eigenvalue weighted by Crippen LogP contribution is 2.39. The minimum absolute atomic E-state index is 0.000255. The second kappa shape index (κ2) is 5.33. The number of aromatic nitrogens is 1. The van der Waals surface area contributed by atoms with Gasteiger partial charge in [0, 0.05) is 23.8 Å². The Morgan fingerprint density at radius 2 is 1.95 bits per heavy atom. The molecule has 112 valence electrons. The van der Waals surface area contributed by atoms with Gasteiger partial charge in [0.2, 0.25) is 0 Å². The molecule has 7 heteroatoms. The first-order valence-corrected chi connectivity index (χ1v) is 8.15.